The molecule has 1 fully saturated rings. The zero-order chi connectivity index (χ0) is 11.3. The van der Waals surface area contributed by atoms with Gasteiger partial charge in [-0.25, -0.2) is 0 Å². The number of nitrogens with two attached hydrogens (primary N) is 1. The second-order valence-corrected chi connectivity index (χ2v) is 4.28. The Morgan fingerprint density at radius 2 is 2.40 bits per heavy atom. The number of rotatable bonds is 4. The Balaban J connectivity index is 2.44. The summed E-state index contributed by atoms with van der Waals surface area (Å²) in [6.07, 6.45) is 3.46. The third-order valence-corrected chi connectivity index (χ3v) is 3.22. The van der Waals surface area contributed by atoms with Gasteiger partial charge in [-0.3, -0.25) is 9.69 Å². The zero-order valence-corrected chi connectivity index (χ0v) is 9.74. The predicted molar refractivity (Wildman–Crippen MR) is 59.4 cm³/mol. The van der Waals surface area contributed by atoms with Crippen molar-refractivity contribution in [1.82, 2.24) is 4.90 Å². The van der Waals surface area contributed by atoms with E-state index in [9.17, 15) is 4.79 Å². The van der Waals surface area contributed by atoms with E-state index < -0.39 is 0 Å². The molecule has 0 aromatic rings. The fraction of sp³-hybridized carbons (Fsp3) is 0.909. The van der Waals surface area contributed by atoms with Crippen LogP contribution in [0.4, 0.5) is 0 Å². The lowest BCUT2D eigenvalue weighted by Gasteiger charge is -2.35. The zero-order valence-electron chi connectivity index (χ0n) is 9.74. The van der Waals surface area contributed by atoms with Crippen molar-refractivity contribution in [1.29, 1.82) is 0 Å². The van der Waals surface area contributed by atoms with Crippen molar-refractivity contribution in [2.45, 2.75) is 32.2 Å². The summed E-state index contributed by atoms with van der Waals surface area (Å²) in [5, 5.41) is 0. The van der Waals surface area contributed by atoms with Gasteiger partial charge >= 0.3 is 5.97 Å². The molecule has 15 heavy (non-hydrogen) atoms. The van der Waals surface area contributed by atoms with Crippen LogP contribution in [0.5, 0.6) is 0 Å². The van der Waals surface area contributed by atoms with Gasteiger partial charge in [0.15, 0.2) is 0 Å². The van der Waals surface area contributed by atoms with Crippen molar-refractivity contribution in [3.05, 3.63) is 0 Å². The van der Waals surface area contributed by atoms with Gasteiger partial charge in [-0.15, -0.1) is 0 Å². The maximum absolute atomic E-state index is 11.4. The molecule has 1 saturated heterocycles. The van der Waals surface area contributed by atoms with Gasteiger partial charge in [0, 0.05) is 6.54 Å². The van der Waals surface area contributed by atoms with Gasteiger partial charge in [-0.05, 0) is 45.2 Å². The van der Waals surface area contributed by atoms with Gasteiger partial charge in [0.05, 0.1) is 7.11 Å². The quantitative estimate of drug-likeness (QED) is 0.697. The molecule has 1 aliphatic rings. The van der Waals surface area contributed by atoms with Crippen LogP contribution in [-0.4, -0.2) is 43.7 Å². The first-order valence-corrected chi connectivity index (χ1v) is 5.71. The van der Waals surface area contributed by atoms with E-state index in [2.05, 4.69) is 4.90 Å². The Hall–Kier alpha value is -0.610. The van der Waals surface area contributed by atoms with Crippen molar-refractivity contribution in [2.24, 2.45) is 11.7 Å². The summed E-state index contributed by atoms with van der Waals surface area (Å²) in [5.74, 6) is 0.513. The Bertz CT molecular complexity index is 207. The number of hydrogen-bond acceptors (Lipinski definition) is 4. The molecule has 2 unspecified atom stereocenters. The SMILES string of the molecule is COC(=O)C(C)N1CCCC(CCN)C1. The van der Waals surface area contributed by atoms with Gasteiger partial charge < -0.3 is 10.5 Å². The molecule has 4 nitrogen and oxygen atoms in total. The summed E-state index contributed by atoms with van der Waals surface area (Å²) in [4.78, 5) is 13.6. The van der Waals surface area contributed by atoms with Crippen LogP contribution in [0.3, 0.4) is 0 Å². The first-order valence-electron chi connectivity index (χ1n) is 5.71. The van der Waals surface area contributed by atoms with Gasteiger partial charge in [-0.2, -0.15) is 0 Å². The molecular weight excluding hydrogens is 192 g/mol. The highest BCUT2D eigenvalue weighted by atomic mass is 16.5. The molecule has 0 radical (unpaired) electrons. The highest BCUT2D eigenvalue weighted by Gasteiger charge is 2.27. The Kier molecular flexibility index (Phi) is 5.05. The number of carbonyl (C=O) groups is 1. The molecule has 0 saturated carbocycles. The van der Waals surface area contributed by atoms with E-state index in [0.717, 1.165) is 32.5 Å². The van der Waals surface area contributed by atoms with Crippen molar-refractivity contribution in [3.63, 3.8) is 0 Å². The molecule has 1 aliphatic heterocycles. The van der Waals surface area contributed by atoms with E-state index in [0.29, 0.717) is 5.92 Å². The molecule has 2 N–H and O–H groups in total. The Morgan fingerprint density at radius 3 is 3.00 bits per heavy atom. The van der Waals surface area contributed by atoms with Crippen LogP contribution in [0.1, 0.15) is 26.2 Å². The molecule has 0 aliphatic carbocycles. The number of piperidine rings is 1. The largest absolute Gasteiger partial charge is 0.468 e. The normalized spacial score (nSPS) is 24.9. The van der Waals surface area contributed by atoms with Gasteiger partial charge in [0.25, 0.3) is 0 Å². The van der Waals surface area contributed by atoms with Gasteiger partial charge in [-0.1, -0.05) is 0 Å². The molecule has 0 aromatic heterocycles. The van der Waals surface area contributed by atoms with Crippen molar-refractivity contribution < 1.29 is 9.53 Å². The predicted octanol–water partition coefficient (Wildman–Crippen LogP) is 0.609. The average molecular weight is 214 g/mol. The number of hydrogen-bond donors (Lipinski definition) is 1. The van der Waals surface area contributed by atoms with Crippen LogP contribution in [0.25, 0.3) is 0 Å². The van der Waals surface area contributed by atoms with Crippen LogP contribution in [-0.2, 0) is 9.53 Å². The maximum atomic E-state index is 11.4. The highest BCUT2D eigenvalue weighted by Crippen LogP contribution is 2.20. The number of nitrogens with zero attached hydrogens (tertiary/aromatic N) is 1. The molecular formula is C11H22N2O2. The molecule has 2 atom stereocenters. The lowest BCUT2D eigenvalue weighted by Crippen LogP contribution is -2.45. The molecule has 0 aromatic carbocycles. The van der Waals surface area contributed by atoms with Crippen molar-refractivity contribution in [2.75, 3.05) is 26.7 Å². The van der Waals surface area contributed by atoms with E-state index in [1.54, 1.807) is 0 Å². The number of methoxy groups -OCH3 is 1. The fourth-order valence-electron chi connectivity index (χ4n) is 2.24. The summed E-state index contributed by atoms with van der Waals surface area (Å²) < 4.78 is 4.76. The molecule has 0 amide bonds. The fourth-order valence-corrected chi connectivity index (χ4v) is 2.24. The first-order chi connectivity index (χ1) is 7.19. The summed E-state index contributed by atoms with van der Waals surface area (Å²) in [7, 11) is 1.44. The minimum atomic E-state index is -0.136. The van der Waals surface area contributed by atoms with Crippen LogP contribution in [0.15, 0.2) is 0 Å². The lowest BCUT2D eigenvalue weighted by atomic mass is 9.94. The molecule has 4 heteroatoms. The Labute approximate surface area is 91.8 Å². The number of carbonyl (C=O) groups excluding carboxylic acids is 1. The van der Waals surface area contributed by atoms with E-state index in [1.165, 1.54) is 13.5 Å². The molecule has 0 bridgehead atoms. The summed E-state index contributed by atoms with van der Waals surface area (Å²) in [6.45, 7) is 4.63. The van der Waals surface area contributed by atoms with Gasteiger partial charge in [0.1, 0.15) is 6.04 Å². The smallest absolute Gasteiger partial charge is 0.322 e. The third-order valence-electron chi connectivity index (χ3n) is 3.22. The van der Waals surface area contributed by atoms with Crippen molar-refractivity contribution >= 4 is 5.97 Å². The van der Waals surface area contributed by atoms with E-state index >= 15 is 0 Å². The maximum Gasteiger partial charge on any atom is 0.322 e. The van der Waals surface area contributed by atoms with Crippen LogP contribution in [0, 0.1) is 5.92 Å². The number of ether oxygens (including phenoxy) is 1. The highest BCUT2D eigenvalue weighted by molar-refractivity contribution is 5.75. The topological polar surface area (TPSA) is 55.6 Å². The van der Waals surface area contributed by atoms with Crippen molar-refractivity contribution in [3.8, 4) is 0 Å². The lowest BCUT2D eigenvalue weighted by molar-refractivity contribution is -0.147. The van der Waals surface area contributed by atoms with Crippen LogP contribution < -0.4 is 5.73 Å². The monoisotopic (exact) mass is 214 g/mol. The standard InChI is InChI=1S/C11H22N2O2/c1-9(11(14)15-2)13-7-3-4-10(8-13)5-6-12/h9-10H,3-8,12H2,1-2H3. The number of likely N-dealkylation sites (tertiary alicyclic amines) is 1. The second-order valence-electron chi connectivity index (χ2n) is 4.28. The first kappa shape index (κ1) is 12.5. The molecule has 0 spiro atoms. The van der Waals surface area contributed by atoms with Gasteiger partial charge in [0.2, 0.25) is 0 Å². The summed E-state index contributed by atoms with van der Waals surface area (Å²) >= 11 is 0. The minimum absolute atomic E-state index is 0.115. The molecule has 1 heterocycles. The summed E-state index contributed by atoms with van der Waals surface area (Å²) in [6, 6.07) is -0.115. The van der Waals surface area contributed by atoms with Crippen LogP contribution >= 0.6 is 0 Å². The third kappa shape index (κ3) is 3.47. The van der Waals surface area contributed by atoms with E-state index in [-0.39, 0.29) is 12.0 Å². The van der Waals surface area contributed by atoms with E-state index in [4.69, 9.17) is 10.5 Å². The minimum Gasteiger partial charge on any atom is -0.468 e. The van der Waals surface area contributed by atoms with Crippen LogP contribution in [0.2, 0.25) is 0 Å². The summed E-state index contributed by atoms with van der Waals surface area (Å²) in [5.41, 5.74) is 5.56. The average Bonchev–Trinajstić information content (AvgIpc) is 2.28. The number of esters is 1. The second kappa shape index (κ2) is 6.08. The Morgan fingerprint density at radius 1 is 1.67 bits per heavy atom. The molecule has 1 rings (SSSR count). The van der Waals surface area contributed by atoms with E-state index in [1.807, 2.05) is 6.92 Å². The molecule has 88 valence electrons.